The highest BCUT2D eigenvalue weighted by Gasteiger charge is 2.08. The first-order chi connectivity index (χ1) is 9.63. The molecule has 0 amide bonds. The number of aryl methyl sites for hydroxylation is 1. The standard InChI is InChI=1S/C16H12N2O2/c1-10-2-3-12-7-13(5-4-11(12)6-10)14-8-15(16(19)20)18-9-17-14/h2-9H,1H3,(H,19,20). The van der Waals surface area contributed by atoms with Gasteiger partial charge >= 0.3 is 5.97 Å². The molecule has 0 radical (unpaired) electrons. The highest BCUT2D eigenvalue weighted by molar-refractivity contribution is 5.89. The molecule has 0 bridgehead atoms. The maximum Gasteiger partial charge on any atom is 0.354 e. The molecule has 0 fully saturated rings. The Kier molecular flexibility index (Phi) is 2.91. The minimum Gasteiger partial charge on any atom is -0.477 e. The summed E-state index contributed by atoms with van der Waals surface area (Å²) < 4.78 is 0. The molecule has 0 spiro atoms. The van der Waals surface area contributed by atoms with E-state index in [2.05, 4.69) is 29.0 Å². The highest BCUT2D eigenvalue weighted by Crippen LogP contribution is 2.24. The molecular formula is C16H12N2O2. The smallest absolute Gasteiger partial charge is 0.354 e. The number of aromatic nitrogens is 2. The summed E-state index contributed by atoms with van der Waals surface area (Å²) in [6, 6.07) is 13.7. The van der Waals surface area contributed by atoms with Crippen LogP contribution in [0.15, 0.2) is 48.8 Å². The molecule has 20 heavy (non-hydrogen) atoms. The molecule has 1 heterocycles. The van der Waals surface area contributed by atoms with E-state index in [1.54, 1.807) is 0 Å². The predicted octanol–water partition coefficient (Wildman–Crippen LogP) is 3.30. The van der Waals surface area contributed by atoms with Gasteiger partial charge in [0.2, 0.25) is 0 Å². The molecule has 0 aliphatic carbocycles. The minimum atomic E-state index is -1.05. The number of carbonyl (C=O) groups is 1. The van der Waals surface area contributed by atoms with Crippen molar-refractivity contribution in [3.05, 3.63) is 60.0 Å². The summed E-state index contributed by atoms with van der Waals surface area (Å²) in [5, 5.41) is 11.2. The molecule has 0 atom stereocenters. The molecule has 4 heteroatoms. The number of carboxylic acids is 1. The van der Waals surface area contributed by atoms with Crippen molar-refractivity contribution in [1.29, 1.82) is 0 Å². The van der Waals surface area contributed by atoms with Crippen LogP contribution in [-0.2, 0) is 0 Å². The summed E-state index contributed by atoms with van der Waals surface area (Å²) in [6.07, 6.45) is 1.28. The molecule has 0 saturated carbocycles. The van der Waals surface area contributed by atoms with Gasteiger partial charge in [-0.15, -0.1) is 0 Å². The first kappa shape index (κ1) is 12.3. The lowest BCUT2D eigenvalue weighted by Gasteiger charge is -2.05. The molecule has 1 aromatic heterocycles. The Bertz CT molecular complexity index is 812. The van der Waals surface area contributed by atoms with Crippen molar-refractivity contribution >= 4 is 16.7 Å². The summed E-state index contributed by atoms with van der Waals surface area (Å²) in [7, 11) is 0. The lowest BCUT2D eigenvalue weighted by molar-refractivity contribution is 0.0690. The fraction of sp³-hybridized carbons (Fsp3) is 0.0625. The maximum absolute atomic E-state index is 10.9. The van der Waals surface area contributed by atoms with Gasteiger partial charge in [-0.05, 0) is 29.8 Å². The van der Waals surface area contributed by atoms with Crippen LogP contribution < -0.4 is 0 Å². The highest BCUT2D eigenvalue weighted by atomic mass is 16.4. The topological polar surface area (TPSA) is 63.1 Å². The number of fused-ring (bicyclic) bond motifs is 1. The number of nitrogens with zero attached hydrogens (tertiary/aromatic N) is 2. The minimum absolute atomic E-state index is 0.000923. The van der Waals surface area contributed by atoms with E-state index in [0.29, 0.717) is 5.69 Å². The molecule has 0 aliphatic rings. The van der Waals surface area contributed by atoms with Crippen LogP contribution in [0.1, 0.15) is 16.1 Å². The van der Waals surface area contributed by atoms with E-state index in [0.717, 1.165) is 16.3 Å². The second-order valence-corrected chi connectivity index (χ2v) is 4.66. The first-order valence-electron chi connectivity index (χ1n) is 6.19. The van der Waals surface area contributed by atoms with Gasteiger partial charge in [0, 0.05) is 5.56 Å². The van der Waals surface area contributed by atoms with Crippen molar-refractivity contribution in [2.45, 2.75) is 6.92 Å². The Labute approximate surface area is 115 Å². The van der Waals surface area contributed by atoms with E-state index < -0.39 is 5.97 Å². The fourth-order valence-corrected chi connectivity index (χ4v) is 2.16. The van der Waals surface area contributed by atoms with Crippen LogP contribution in [0.25, 0.3) is 22.0 Å². The van der Waals surface area contributed by atoms with Gasteiger partial charge in [-0.2, -0.15) is 0 Å². The van der Waals surface area contributed by atoms with Crippen LogP contribution in [0.5, 0.6) is 0 Å². The van der Waals surface area contributed by atoms with Crippen LogP contribution in [0.3, 0.4) is 0 Å². The molecular weight excluding hydrogens is 252 g/mol. The third-order valence-electron chi connectivity index (χ3n) is 3.18. The van der Waals surface area contributed by atoms with Gasteiger partial charge in [-0.3, -0.25) is 0 Å². The van der Waals surface area contributed by atoms with E-state index in [1.165, 1.54) is 18.0 Å². The molecule has 2 aromatic carbocycles. The van der Waals surface area contributed by atoms with Gasteiger partial charge in [0.1, 0.15) is 6.33 Å². The largest absolute Gasteiger partial charge is 0.477 e. The Hall–Kier alpha value is -2.75. The molecule has 3 rings (SSSR count). The number of rotatable bonds is 2. The average Bonchev–Trinajstić information content (AvgIpc) is 2.47. The van der Waals surface area contributed by atoms with Gasteiger partial charge in [0.15, 0.2) is 5.69 Å². The van der Waals surface area contributed by atoms with Crippen LogP contribution in [0, 0.1) is 6.92 Å². The van der Waals surface area contributed by atoms with Crippen molar-refractivity contribution in [2.75, 3.05) is 0 Å². The SMILES string of the molecule is Cc1ccc2cc(-c3cc(C(=O)O)ncn3)ccc2c1. The summed E-state index contributed by atoms with van der Waals surface area (Å²) in [4.78, 5) is 18.8. The fourth-order valence-electron chi connectivity index (χ4n) is 2.16. The zero-order valence-corrected chi connectivity index (χ0v) is 10.9. The normalized spacial score (nSPS) is 10.7. The third-order valence-corrected chi connectivity index (χ3v) is 3.18. The molecule has 98 valence electrons. The van der Waals surface area contributed by atoms with Gasteiger partial charge in [-0.1, -0.05) is 35.9 Å². The van der Waals surface area contributed by atoms with E-state index in [9.17, 15) is 4.79 Å². The van der Waals surface area contributed by atoms with Gasteiger partial charge in [0.05, 0.1) is 5.69 Å². The summed E-state index contributed by atoms with van der Waals surface area (Å²) in [5.41, 5.74) is 2.70. The van der Waals surface area contributed by atoms with E-state index in [4.69, 9.17) is 5.11 Å². The van der Waals surface area contributed by atoms with Crippen molar-refractivity contribution in [2.24, 2.45) is 0 Å². The Morgan fingerprint density at radius 3 is 2.55 bits per heavy atom. The van der Waals surface area contributed by atoms with E-state index in [1.807, 2.05) is 24.3 Å². The van der Waals surface area contributed by atoms with Crippen molar-refractivity contribution in [1.82, 2.24) is 9.97 Å². The van der Waals surface area contributed by atoms with Crippen molar-refractivity contribution < 1.29 is 9.90 Å². The van der Waals surface area contributed by atoms with Gasteiger partial charge in [-0.25, -0.2) is 14.8 Å². The first-order valence-corrected chi connectivity index (χ1v) is 6.19. The Morgan fingerprint density at radius 1 is 1.00 bits per heavy atom. The molecule has 1 N–H and O–H groups in total. The number of hydrogen-bond acceptors (Lipinski definition) is 3. The Morgan fingerprint density at radius 2 is 1.75 bits per heavy atom. The van der Waals surface area contributed by atoms with E-state index >= 15 is 0 Å². The van der Waals surface area contributed by atoms with Crippen molar-refractivity contribution in [3.8, 4) is 11.3 Å². The molecule has 0 aliphatic heterocycles. The zero-order valence-electron chi connectivity index (χ0n) is 10.9. The maximum atomic E-state index is 10.9. The van der Waals surface area contributed by atoms with Crippen LogP contribution >= 0.6 is 0 Å². The molecule has 3 aromatic rings. The monoisotopic (exact) mass is 264 g/mol. The third kappa shape index (κ3) is 2.23. The van der Waals surface area contributed by atoms with Crippen LogP contribution in [0.4, 0.5) is 0 Å². The second kappa shape index (κ2) is 4.74. The van der Waals surface area contributed by atoms with Gasteiger partial charge in [0.25, 0.3) is 0 Å². The zero-order chi connectivity index (χ0) is 14.1. The lowest BCUT2D eigenvalue weighted by Crippen LogP contribution is -2.01. The van der Waals surface area contributed by atoms with Crippen LogP contribution in [0.2, 0.25) is 0 Å². The van der Waals surface area contributed by atoms with Crippen molar-refractivity contribution in [3.63, 3.8) is 0 Å². The number of carboxylic acid groups (broad SMARTS) is 1. The summed E-state index contributed by atoms with van der Waals surface area (Å²) in [5.74, 6) is -1.05. The second-order valence-electron chi connectivity index (χ2n) is 4.66. The average molecular weight is 264 g/mol. The Balaban J connectivity index is 2.12. The lowest BCUT2D eigenvalue weighted by atomic mass is 10.0. The molecule has 4 nitrogen and oxygen atoms in total. The quantitative estimate of drug-likeness (QED) is 0.771. The predicted molar refractivity (Wildman–Crippen MR) is 76.7 cm³/mol. The number of benzene rings is 2. The molecule has 0 saturated heterocycles. The summed E-state index contributed by atoms with van der Waals surface area (Å²) >= 11 is 0. The number of aromatic carboxylic acids is 1. The molecule has 0 unspecified atom stereocenters. The van der Waals surface area contributed by atoms with Gasteiger partial charge < -0.3 is 5.11 Å². The van der Waals surface area contributed by atoms with E-state index in [-0.39, 0.29) is 5.69 Å². The summed E-state index contributed by atoms with van der Waals surface area (Å²) in [6.45, 7) is 2.05. The van der Waals surface area contributed by atoms with Crippen LogP contribution in [-0.4, -0.2) is 21.0 Å². The number of hydrogen-bond donors (Lipinski definition) is 1.